The molecule has 0 aliphatic heterocycles. The molecule has 0 saturated carbocycles. The molecule has 0 bridgehead atoms. The highest BCUT2D eigenvalue weighted by molar-refractivity contribution is 5.70. The van der Waals surface area contributed by atoms with Gasteiger partial charge >= 0.3 is 5.97 Å². The first-order valence-corrected chi connectivity index (χ1v) is 5.69. The molecule has 0 fully saturated rings. The molecule has 0 saturated heterocycles. The first kappa shape index (κ1) is 13.5. The van der Waals surface area contributed by atoms with Crippen LogP contribution in [0.2, 0.25) is 0 Å². The molecule has 1 unspecified atom stereocenters. The van der Waals surface area contributed by atoms with Gasteiger partial charge in [-0.25, -0.2) is 4.79 Å². The van der Waals surface area contributed by atoms with Crippen molar-refractivity contribution in [1.82, 2.24) is 0 Å². The van der Waals surface area contributed by atoms with Gasteiger partial charge in [0.05, 0.1) is 7.11 Å². The Morgan fingerprint density at radius 2 is 2.00 bits per heavy atom. The van der Waals surface area contributed by atoms with Gasteiger partial charge in [0.2, 0.25) is 0 Å². The smallest absolute Gasteiger partial charge is 0.343 e. The van der Waals surface area contributed by atoms with Crippen LogP contribution in [0.15, 0.2) is 24.3 Å². The molecular weight excluding hydrogens is 218 g/mol. The van der Waals surface area contributed by atoms with Gasteiger partial charge in [0.25, 0.3) is 0 Å². The topological polar surface area (TPSA) is 61.5 Å². The van der Waals surface area contributed by atoms with E-state index < -0.39 is 0 Å². The van der Waals surface area contributed by atoms with Crippen molar-refractivity contribution in [2.24, 2.45) is 5.73 Å². The minimum Gasteiger partial charge on any atom is -0.482 e. The number of benzene rings is 1. The second-order valence-electron chi connectivity index (χ2n) is 3.88. The summed E-state index contributed by atoms with van der Waals surface area (Å²) in [4.78, 5) is 10.9. The quantitative estimate of drug-likeness (QED) is 0.762. The summed E-state index contributed by atoms with van der Waals surface area (Å²) in [6, 6.07) is 7.78. The predicted octanol–water partition coefficient (Wildman–Crippen LogP) is 1.52. The average molecular weight is 237 g/mol. The van der Waals surface area contributed by atoms with Crippen molar-refractivity contribution in [2.75, 3.05) is 13.7 Å². The number of rotatable bonds is 6. The van der Waals surface area contributed by atoms with E-state index in [4.69, 9.17) is 10.5 Å². The van der Waals surface area contributed by atoms with Crippen molar-refractivity contribution < 1.29 is 14.3 Å². The third kappa shape index (κ3) is 4.87. The summed E-state index contributed by atoms with van der Waals surface area (Å²) in [5.41, 5.74) is 7.04. The van der Waals surface area contributed by atoms with E-state index in [0.29, 0.717) is 5.75 Å². The average Bonchev–Trinajstić information content (AvgIpc) is 2.37. The van der Waals surface area contributed by atoms with Crippen LogP contribution in [0.25, 0.3) is 0 Å². The molecule has 4 heteroatoms. The van der Waals surface area contributed by atoms with Crippen molar-refractivity contribution in [3.05, 3.63) is 29.8 Å². The van der Waals surface area contributed by atoms with Gasteiger partial charge in [-0.05, 0) is 30.5 Å². The van der Waals surface area contributed by atoms with E-state index in [1.807, 2.05) is 24.3 Å². The van der Waals surface area contributed by atoms with Crippen LogP contribution in [-0.4, -0.2) is 25.7 Å². The summed E-state index contributed by atoms with van der Waals surface area (Å²) in [6.07, 6.45) is 1.81. The van der Waals surface area contributed by atoms with E-state index in [1.54, 1.807) is 0 Å². The van der Waals surface area contributed by atoms with Crippen molar-refractivity contribution in [2.45, 2.75) is 25.8 Å². The fourth-order valence-electron chi connectivity index (χ4n) is 1.37. The molecule has 0 radical (unpaired) electrons. The zero-order valence-electron chi connectivity index (χ0n) is 10.3. The van der Waals surface area contributed by atoms with Crippen molar-refractivity contribution in [1.29, 1.82) is 0 Å². The Labute approximate surface area is 102 Å². The van der Waals surface area contributed by atoms with E-state index in [9.17, 15) is 4.79 Å². The third-order valence-corrected chi connectivity index (χ3v) is 2.53. The molecule has 1 aromatic rings. The number of methoxy groups -OCH3 is 1. The highest BCUT2D eigenvalue weighted by atomic mass is 16.6. The lowest BCUT2D eigenvalue weighted by Crippen LogP contribution is -2.21. The molecule has 1 rings (SSSR count). The normalized spacial score (nSPS) is 11.9. The van der Waals surface area contributed by atoms with Gasteiger partial charge < -0.3 is 15.2 Å². The van der Waals surface area contributed by atoms with Crippen LogP contribution >= 0.6 is 0 Å². The van der Waals surface area contributed by atoms with E-state index in [2.05, 4.69) is 11.7 Å². The van der Waals surface area contributed by atoms with Gasteiger partial charge in [0.1, 0.15) is 5.75 Å². The number of ether oxygens (including phenoxy) is 2. The minimum absolute atomic E-state index is 0.0652. The van der Waals surface area contributed by atoms with Gasteiger partial charge in [-0.2, -0.15) is 0 Å². The van der Waals surface area contributed by atoms with E-state index in [0.717, 1.165) is 12.8 Å². The van der Waals surface area contributed by atoms with E-state index in [-0.39, 0.29) is 18.6 Å². The summed E-state index contributed by atoms with van der Waals surface area (Å²) in [5, 5.41) is 0. The highest BCUT2D eigenvalue weighted by Gasteiger charge is 2.03. The van der Waals surface area contributed by atoms with Crippen LogP contribution < -0.4 is 10.5 Å². The Hall–Kier alpha value is -1.55. The van der Waals surface area contributed by atoms with Gasteiger partial charge in [-0.15, -0.1) is 0 Å². The second kappa shape index (κ2) is 6.91. The van der Waals surface area contributed by atoms with Crippen LogP contribution in [0.4, 0.5) is 0 Å². The lowest BCUT2D eigenvalue weighted by molar-refractivity contribution is -0.142. The molecule has 2 N–H and O–H groups in total. The van der Waals surface area contributed by atoms with Crippen LogP contribution in [0.5, 0.6) is 5.75 Å². The maximum atomic E-state index is 10.9. The summed E-state index contributed by atoms with van der Waals surface area (Å²) in [5.74, 6) is 0.270. The monoisotopic (exact) mass is 237 g/mol. The molecule has 0 spiro atoms. The molecule has 1 atom stereocenters. The molecule has 0 aromatic heterocycles. The molecule has 4 nitrogen and oxygen atoms in total. The van der Waals surface area contributed by atoms with Crippen molar-refractivity contribution in [3.8, 4) is 5.75 Å². The number of hydrogen-bond donors (Lipinski definition) is 1. The Kier molecular flexibility index (Phi) is 5.49. The molecule has 0 amide bonds. The van der Waals surface area contributed by atoms with Crippen molar-refractivity contribution >= 4 is 5.97 Å². The first-order chi connectivity index (χ1) is 8.15. The SMILES string of the molecule is CCC(N)Cc1ccc(OCC(=O)OC)cc1. The summed E-state index contributed by atoms with van der Waals surface area (Å²) >= 11 is 0. The molecule has 0 aliphatic rings. The van der Waals surface area contributed by atoms with Crippen LogP contribution in [0.3, 0.4) is 0 Å². The second-order valence-corrected chi connectivity index (χ2v) is 3.88. The maximum Gasteiger partial charge on any atom is 0.343 e. The molecule has 17 heavy (non-hydrogen) atoms. The van der Waals surface area contributed by atoms with Crippen LogP contribution in [0.1, 0.15) is 18.9 Å². The predicted molar refractivity (Wildman–Crippen MR) is 65.9 cm³/mol. The molecule has 94 valence electrons. The molecule has 1 aromatic carbocycles. The van der Waals surface area contributed by atoms with E-state index in [1.165, 1.54) is 12.7 Å². The Morgan fingerprint density at radius 1 is 1.35 bits per heavy atom. The number of hydrogen-bond acceptors (Lipinski definition) is 4. The summed E-state index contributed by atoms with van der Waals surface area (Å²) < 4.78 is 9.72. The van der Waals surface area contributed by atoms with Crippen molar-refractivity contribution in [3.63, 3.8) is 0 Å². The lowest BCUT2D eigenvalue weighted by atomic mass is 10.0. The Bertz CT molecular complexity index is 348. The van der Waals surface area contributed by atoms with Gasteiger partial charge in [-0.3, -0.25) is 0 Å². The van der Waals surface area contributed by atoms with E-state index >= 15 is 0 Å². The van der Waals surface area contributed by atoms with Gasteiger partial charge in [0, 0.05) is 6.04 Å². The zero-order valence-corrected chi connectivity index (χ0v) is 10.3. The standard InChI is InChI=1S/C13H19NO3/c1-3-11(14)8-10-4-6-12(7-5-10)17-9-13(15)16-2/h4-7,11H,3,8-9,14H2,1-2H3. The molecular formula is C13H19NO3. The zero-order chi connectivity index (χ0) is 12.7. The number of carbonyl (C=O) groups is 1. The highest BCUT2D eigenvalue weighted by Crippen LogP contribution is 2.13. The fourth-order valence-corrected chi connectivity index (χ4v) is 1.37. The summed E-state index contributed by atoms with van der Waals surface area (Å²) in [7, 11) is 1.33. The number of esters is 1. The lowest BCUT2D eigenvalue weighted by Gasteiger charge is -2.09. The van der Waals surface area contributed by atoms with Gasteiger partial charge in [-0.1, -0.05) is 19.1 Å². The number of carbonyl (C=O) groups excluding carboxylic acids is 1. The molecule has 0 aliphatic carbocycles. The molecule has 0 heterocycles. The summed E-state index contributed by atoms with van der Waals surface area (Å²) in [6.45, 7) is 2.00. The number of nitrogens with two attached hydrogens (primary N) is 1. The first-order valence-electron chi connectivity index (χ1n) is 5.69. The Balaban J connectivity index is 2.47. The Morgan fingerprint density at radius 3 is 2.53 bits per heavy atom. The van der Waals surface area contributed by atoms with Crippen LogP contribution in [-0.2, 0) is 16.0 Å². The third-order valence-electron chi connectivity index (χ3n) is 2.53. The van der Waals surface area contributed by atoms with Gasteiger partial charge in [0.15, 0.2) is 6.61 Å². The minimum atomic E-state index is -0.387. The fraction of sp³-hybridized carbons (Fsp3) is 0.462. The largest absolute Gasteiger partial charge is 0.482 e. The maximum absolute atomic E-state index is 10.9. The van der Waals surface area contributed by atoms with Crippen LogP contribution in [0, 0.1) is 0 Å².